The summed E-state index contributed by atoms with van der Waals surface area (Å²) in [5.74, 6) is -1.00. The van der Waals surface area contributed by atoms with E-state index in [9.17, 15) is 19.2 Å². The molecule has 0 fully saturated rings. The highest BCUT2D eigenvalue weighted by molar-refractivity contribution is 5.92. The number of nitrogens with two attached hydrogens (primary N) is 2. The van der Waals surface area contributed by atoms with Crippen LogP contribution in [0.5, 0.6) is 5.75 Å². The van der Waals surface area contributed by atoms with Gasteiger partial charge in [-0.1, -0.05) is 37.3 Å². The Bertz CT molecular complexity index is 975. The summed E-state index contributed by atoms with van der Waals surface area (Å²) in [5.41, 5.74) is 11.6. The van der Waals surface area contributed by atoms with E-state index in [4.69, 9.17) is 20.9 Å². The van der Waals surface area contributed by atoms with Crippen LogP contribution in [0.2, 0.25) is 0 Å². The lowest BCUT2D eigenvalue weighted by Gasteiger charge is -2.23. The zero-order valence-electron chi connectivity index (χ0n) is 22.6. The monoisotopic (exact) mass is 543 g/mol. The first-order valence-corrected chi connectivity index (χ1v) is 12.8. The van der Waals surface area contributed by atoms with Crippen molar-refractivity contribution in [2.24, 2.45) is 22.4 Å². The topological polar surface area (TPSA) is 175 Å². The molecule has 0 unspecified atom stereocenters. The van der Waals surface area contributed by atoms with E-state index in [1.54, 1.807) is 24.3 Å². The third-order valence-corrected chi connectivity index (χ3v) is 5.73. The first-order chi connectivity index (χ1) is 18.7. The van der Waals surface area contributed by atoms with Crippen LogP contribution in [0.3, 0.4) is 0 Å². The summed E-state index contributed by atoms with van der Waals surface area (Å²) in [6.07, 6.45) is 5.41. The molecule has 0 radical (unpaired) electrons. The van der Waals surface area contributed by atoms with Crippen molar-refractivity contribution in [1.82, 2.24) is 10.6 Å². The van der Waals surface area contributed by atoms with Gasteiger partial charge in [0.05, 0.1) is 12.1 Å². The minimum absolute atomic E-state index is 0.0136. The zero-order valence-corrected chi connectivity index (χ0v) is 22.6. The zero-order chi connectivity index (χ0) is 29.0. The van der Waals surface area contributed by atoms with Crippen molar-refractivity contribution in [2.45, 2.75) is 57.5 Å². The number of rotatable bonds is 21. The molecular formula is C28H41N5O6. The number of nitrogens with one attached hydrogen (secondary N) is 2. The molecule has 0 aliphatic rings. The summed E-state index contributed by atoms with van der Waals surface area (Å²) >= 11 is 0. The second kappa shape index (κ2) is 19.0. The van der Waals surface area contributed by atoms with Crippen LogP contribution < -0.4 is 26.8 Å². The van der Waals surface area contributed by atoms with Crippen molar-refractivity contribution in [3.63, 3.8) is 0 Å². The molecular weight excluding hydrogens is 502 g/mol. The van der Waals surface area contributed by atoms with Crippen molar-refractivity contribution >= 4 is 30.0 Å². The Kier molecular flexibility index (Phi) is 16.0. The molecule has 11 heteroatoms. The van der Waals surface area contributed by atoms with Gasteiger partial charge < -0.3 is 31.6 Å². The maximum atomic E-state index is 13.4. The maximum Gasteiger partial charge on any atom is 0.293 e. The van der Waals surface area contributed by atoms with E-state index < -0.39 is 18.0 Å². The van der Waals surface area contributed by atoms with Crippen molar-refractivity contribution in [1.29, 1.82) is 0 Å². The molecule has 0 saturated carbocycles. The number of hydrogen-bond acceptors (Lipinski definition) is 7. The number of amides is 2. The smallest absolute Gasteiger partial charge is 0.293 e. The van der Waals surface area contributed by atoms with Gasteiger partial charge in [0.25, 0.3) is 6.47 Å². The summed E-state index contributed by atoms with van der Waals surface area (Å²) in [6, 6.07) is 5.90. The Morgan fingerprint density at radius 3 is 2.38 bits per heavy atom. The van der Waals surface area contributed by atoms with Crippen LogP contribution in [0.25, 0.3) is 0 Å². The molecule has 6 N–H and O–H groups in total. The maximum absolute atomic E-state index is 13.4. The first-order valence-electron chi connectivity index (χ1n) is 12.8. The molecule has 1 aromatic carbocycles. The average Bonchev–Trinajstić information content (AvgIpc) is 2.89. The van der Waals surface area contributed by atoms with E-state index in [0.717, 1.165) is 5.56 Å². The van der Waals surface area contributed by atoms with E-state index in [1.807, 2.05) is 12.1 Å². The van der Waals surface area contributed by atoms with Crippen LogP contribution in [-0.2, 0) is 30.3 Å². The lowest BCUT2D eigenvalue weighted by molar-refractivity contribution is -0.134. The molecule has 0 bridgehead atoms. The molecule has 0 aliphatic carbocycles. The predicted octanol–water partition coefficient (Wildman–Crippen LogP) is 1.55. The van der Waals surface area contributed by atoms with Crippen LogP contribution in [0.1, 0.15) is 44.6 Å². The summed E-state index contributed by atoms with van der Waals surface area (Å²) in [7, 11) is 0. The number of benzene rings is 1. The Morgan fingerprint density at radius 1 is 1.08 bits per heavy atom. The average molecular weight is 544 g/mol. The number of hydrogen-bond donors (Lipinski definition) is 4. The number of aliphatic imine (C=N–C) groups is 1. The van der Waals surface area contributed by atoms with Crippen molar-refractivity contribution < 1.29 is 28.7 Å². The minimum Gasteiger partial charge on any atom is -0.490 e. The third kappa shape index (κ3) is 14.4. The largest absolute Gasteiger partial charge is 0.490 e. The predicted molar refractivity (Wildman–Crippen MR) is 150 cm³/mol. The minimum atomic E-state index is -0.818. The van der Waals surface area contributed by atoms with E-state index in [2.05, 4.69) is 28.8 Å². The van der Waals surface area contributed by atoms with E-state index in [1.165, 1.54) is 6.92 Å². The van der Waals surface area contributed by atoms with Crippen LogP contribution in [-0.4, -0.2) is 61.9 Å². The van der Waals surface area contributed by atoms with Gasteiger partial charge in [-0.15, -0.1) is 6.58 Å². The number of carbonyl (C=O) groups excluding carboxylic acids is 4. The van der Waals surface area contributed by atoms with Crippen LogP contribution in [0.15, 0.2) is 54.6 Å². The van der Waals surface area contributed by atoms with Gasteiger partial charge in [-0.2, -0.15) is 0 Å². The fourth-order valence-electron chi connectivity index (χ4n) is 3.87. The van der Waals surface area contributed by atoms with Crippen LogP contribution in [0.4, 0.5) is 0 Å². The molecule has 39 heavy (non-hydrogen) atoms. The van der Waals surface area contributed by atoms with E-state index >= 15 is 0 Å². The second-order valence-corrected chi connectivity index (χ2v) is 9.03. The SMILES string of the molecule is C=CCOc1ccc(C[C@H](NC(C)=O)C(=O)C[C@@H](CCCCN=C(N)N)C(=O)N[C@@H](CC=C)COC=O)cc1. The number of ketones is 1. The molecule has 0 heterocycles. The number of guanidine groups is 1. The highest BCUT2D eigenvalue weighted by atomic mass is 16.5. The molecule has 3 atom stereocenters. The number of ether oxygens (including phenoxy) is 2. The molecule has 11 nitrogen and oxygen atoms in total. The summed E-state index contributed by atoms with van der Waals surface area (Å²) < 4.78 is 10.3. The standard InChI is InChI=1S/C28H41N5O6/c1-4-8-23(18-38-19-34)33-27(37)22(9-6-7-14-31-28(29)30)17-26(36)25(32-20(3)35)16-21-10-12-24(13-11-21)39-15-5-2/h4-5,10-13,19,22-23,25H,1-2,6-9,14-18H2,3H3,(H,32,35)(H,33,37)(H4,29,30,31)/t22-,23+,25+/m1/s1. The third-order valence-electron chi connectivity index (χ3n) is 5.73. The Hall–Kier alpha value is -4.15. The summed E-state index contributed by atoms with van der Waals surface area (Å²) in [6.45, 7) is 9.69. The van der Waals surface area contributed by atoms with Crippen molar-refractivity contribution in [3.8, 4) is 5.75 Å². The molecule has 1 rings (SSSR count). The quantitative estimate of drug-likeness (QED) is 0.0594. The number of carbonyl (C=O) groups is 4. The summed E-state index contributed by atoms with van der Waals surface area (Å²) in [4.78, 5) is 53.1. The van der Waals surface area contributed by atoms with Crippen molar-refractivity contribution in [3.05, 3.63) is 55.1 Å². The first kappa shape index (κ1) is 32.9. The van der Waals surface area contributed by atoms with Gasteiger partial charge in [0, 0.05) is 25.8 Å². The lowest BCUT2D eigenvalue weighted by atomic mass is 9.90. The molecule has 214 valence electrons. The molecule has 0 aromatic heterocycles. The van der Waals surface area contributed by atoms with E-state index in [-0.39, 0.29) is 43.0 Å². The fourth-order valence-corrected chi connectivity index (χ4v) is 3.87. The van der Waals surface area contributed by atoms with Gasteiger partial charge >= 0.3 is 0 Å². The van der Waals surface area contributed by atoms with Gasteiger partial charge in [-0.25, -0.2) is 0 Å². The normalized spacial score (nSPS) is 12.6. The number of unbranched alkanes of at least 4 members (excludes halogenated alkanes) is 1. The van der Waals surface area contributed by atoms with Gasteiger partial charge in [-0.3, -0.25) is 24.2 Å². The molecule has 0 saturated heterocycles. The highest BCUT2D eigenvalue weighted by Crippen LogP contribution is 2.19. The molecule has 0 spiro atoms. The number of Topliss-reactive ketones (excluding diaryl/α,β-unsaturated/α-hetero) is 1. The van der Waals surface area contributed by atoms with Gasteiger partial charge in [0.2, 0.25) is 11.8 Å². The Labute approximate surface area is 230 Å². The van der Waals surface area contributed by atoms with E-state index in [0.29, 0.717) is 51.1 Å². The van der Waals surface area contributed by atoms with Crippen LogP contribution in [0, 0.1) is 5.92 Å². The Morgan fingerprint density at radius 2 is 1.79 bits per heavy atom. The Balaban J connectivity index is 3.01. The summed E-state index contributed by atoms with van der Waals surface area (Å²) in [5, 5.41) is 5.56. The number of nitrogens with zero attached hydrogens (tertiary/aromatic N) is 1. The molecule has 0 aliphatic heterocycles. The van der Waals surface area contributed by atoms with Gasteiger partial charge in [0.1, 0.15) is 19.0 Å². The van der Waals surface area contributed by atoms with Gasteiger partial charge in [-0.05, 0) is 43.4 Å². The van der Waals surface area contributed by atoms with Crippen LogP contribution >= 0.6 is 0 Å². The molecule has 1 aromatic rings. The fraction of sp³-hybridized carbons (Fsp3) is 0.464. The highest BCUT2D eigenvalue weighted by Gasteiger charge is 2.28. The second-order valence-electron chi connectivity index (χ2n) is 9.03. The lowest BCUT2D eigenvalue weighted by Crippen LogP contribution is -2.45. The molecule has 2 amide bonds. The van der Waals surface area contributed by atoms with Crippen molar-refractivity contribution in [2.75, 3.05) is 19.8 Å². The van der Waals surface area contributed by atoms with Gasteiger partial charge in [0.15, 0.2) is 11.7 Å².